The molecule has 4 rings (SSSR count). The smallest absolute Gasteiger partial charge is 0.246 e. The highest BCUT2D eigenvalue weighted by Crippen LogP contribution is 2.30. The number of carbonyl (C=O) groups excluding carboxylic acids is 1. The molecule has 2 aromatic heterocycles. The Hall–Kier alpha value is -2.44. The Labute approximate surface area is 156 Å². The second-order valence-electron chi connectivity index (χ2n) is 6.55. The van der Waals surface area contributed by atoms with Crippen molar-refractivity contribution in [1.29, 1.82) is 0 Å². The largest absolute Gasteiger partial charge is 0.369 e. The SMILES string of the molecule is C=CC(=O)N1C[C@@H](n2cccn2)[C@H](OCc2cc3c(C)cccc3s2)C1. The molecule has 0 bridgehead atoms. The highest BCUT2D eigenvalue weighted by Gasteiger charge is 2.36. The number of likely N-dealkylation sites (tertiary alicyclic amines) is 1. The number of ether oxygens (including phenoxy) is 1. The molecule has 26 heavy (non-hydrogen) atoms. The minimum Gasteiger partial charge on any atom is -0.369 e. The molecule has 3 aromatic rings. The summed E-state index contributed by atoms with van der Waals surface area (Å²) in [5.74, 6) is -0.0641. The van der Waals surface area contributed by atoms with Crippen molar-refractivity contribution >= 4 is 27.3 Å². The highest BCUT2D eigenvalue weighted by atomic mass is 32.1. The van der Waals surface area contributed by atoms with E-state index in [4.69, 9.17) is 4.74 Å². The maximum absolute atomic E-state index is 12.0. The first-order chi connectivity index (χ1) is 12.7. The molecule has 1 aromatic carbocycles. The van der Waals surface area contributed by atoms with Crippen LogP contribution in [0.2, 0.25) is 0 Å². The first-order valence-electron chi connectivity index (χ1n) is 8.66. The van der Waals surface area contributed by atoms with Gasteiger partial charge in [-0.2, -0.15) is 5.10 Å². The van der Waals surface area contributed by atoms with Crippen molar-refractivity contribution in [3.05, 3.63) is 65.8 Å². The van der Waals surface area contributed by atoms with Gasteiger partial charge in [0.2, 0.25) is 5.91 Å². The number of aromatic nitrogens is 2. The minimum atomic E-state index is -0.0925. The Balaban J connectivity index is 1.51. The Bertz CT molecular complexity index is 932. The van der Waals surface area contributed by atoms with Crippen LogP contribution in [-0.2, 0) is 16.1 Å². The summed E-state index contributed by atoms with van der Waals surface area (Å²) < 4.78 is 9.41. The Morgan fingerprint density at radius 1 is 1.42 bits per heavy atom. The van der Waals surface area contributed by atoms with Crippen molar-refractivity contribution in [3.8, 4) is 0 Å². The predicted octanol–water partition coefficient (Wildman–Crippen LogP) is 3.56. The van der Waals surface area contributed by atoms with Crippen LogP contribution in [0.25, 0.3) is 10.1 Å². The molecule has 0 saturated carbocycles. The molecule has 1 saturated heterocycles. The van der Waals surface area contributed by atoms with Gasteiger partial charge in [0.25, 0.3) is 0 Å². The molecular weight excluding hydrogens is 346 g/mol. The number of nitrogens with zero attached hydrogens (tertiary/aromatic N) is 3. The van der Waals surface area contributed by atoms with Gasteiger partial charge in [-0.15, -0.1) is 11.3 Å². The lowest BCUT2D eigenvalue weighted by Crippen LogP contribution is -2.28. The molecule has 1 aliphatic rings. The van der Waals surface area contributed by atoms with Crippen LogP contribution in [0.4, 0.5) is 0 Å². The van der Waals surface area contributed by atoms with Crippen LogP contribution in [-0.4, -0.2) is 39.8 Å². The number of hydrogen-bond donors (Lipinski definition) is 0. The van der Waals surface area contributed by atoms with E-state index in [0.717, 1.165) is 0 Å². The fourth-order valence-electron chi connectivity index (χ4n) is 3.48. The van der Waals surface area contributed by atoms with E-state index in [-0.39, 0.29) is 18.1 Å². The monoisotopic (exact) mass is 367 g/mol. The predicted molar refractivity (Wildman–Crippen MR) is 103 cm³/mol. The molecule has 1 aliphatic heterocycles. The van der Waals surface area contributed by atoms with Crippen molar-refractivity contribution in [2.24, 2.45) is 0 Å². The van der Waals surface area contributed by atoms with Gasteiger partial charge < -0.3 is 9.64 Å². The molecule has 5 nitrogen and oxygen atoms in total. The molecule has 0 radical (unpaired) electrons. The summed E-state index contributed by atoms with van der Waals surface area (Å²) in [6, 6.07) is 10.5. The van der Waals surface area contributed by atoms with Crippen LogP contribution >= 0.6 is 11.3 Å². The second-order valence-corrected chi connectivity index (χ2v) is 7.72. The molecular formula is C20H21N3O2S. The number of rotatable bonds is 5. The molecule has 0 unspecified atom stereocenters. The number of hydrogen-bond acceptors (Lipinski definition) is 4. The van der Waals surface area contributed by atoms with E-state index in [2.05, 4.69) is 42.9 Å². The fraction of sp³-hybridized carbons (Fsp3) is 0.300. The average Bonchev–Trinajstić information content (AvgIpc) is 3.37. The maximum atomic E-state index is 12.0. The van der Waals surface area contributed by atoms with E-state index in [0.29, 0.717) is 19.7 Å². The van der Waals surface area contributed by atoms with Gasteiger partial charge in [0.15, 0.2) is 0 Å². The Morgan fingerprint density at radius 2 is 2.31 bits per heavy atom. The van der Waals surface area contributed by atoms with Gasteiger partial charge >= 0.3 is 0 Å². The van der Waals surface area contributed by atoms with Gasteiger partial charge in [0.05, 0.1) is 18.8 Å². The zero-order valence-electron chi connectivity index (χ0n) is 14.7. The van der Waals surface area contributed by atoms with E-state index < -0.39 is 0 Å². The summed E-state index contributed by atoms with van der Waals surface area (Å²) in [7, 11) is 0. The number of fused-ring (bicyclic) bond motifs is 1. The molecule has 1 fully saturated rings. The zero-order valence-corrected chi connectivity index (χ0v) is 15.5. The van der Waals surface area contributed by atoms with Crippen LogP contribution < -0.4 is 0 Å². The Morgan fingerprint density at radius 3 is 3.04 bits per heavy atom. The number of carbonyl (C=O) groups is 1. The van der Waals surface area contributed by atoms with E-state index in [1.165, 1.54) is 26.6 Å². The van der Waals surface area contributed by atoms with Crippen molar-refractivity contribution < 1.29 is 9.53 Å². The first-order valence-corrected chi connectivity index (χ1v) is 9.47. The van der Waals surface area contributed by atoms with Crippen LogP contribution in [0.1, 0.15) is 16.5 Å². The van der Waals surface area contributed by atoms with Crippen molar-refractivity contribution in [1.82, 2.24) is 14.7 Å². The third kappa shape index (κ3) is 3.18. The van der Waals surface area contributed by atoms with Crippen LogP contribution in [0, 0.1) is 6.92 Å². The molecule has 0 N–H and O–H groups in total. The Kier molecular flexibility index (Phi) is 4.61. The quantitative estimate of drug-likeness (QED) is 0.648. The van der Waals surface area contributed by atoms with Gasteiger partial charge in [0.1, 0.15) is 0 Å². The molecule has 3 heterocycles. The number of benzene rings is 1. The number of aryl methyl sites for hydroxylation is 1. The van der Waals surface area contributed by atoms with Crippen LogP contribution in [0.5, 0.6) is 0 Å². The van der Waals surface area contributed by atoms with Crippen molar-refractivity contribution in [2.45, 2.75) is 25.7 Å². The highest BCUT2D eigenvalue weighted by molar-refractivity contribution is 7.19. The van der Waals surface area contributed by atoms with Gasteiger partial charge in [0, 0.05) is 35.1 Å². The maximum Gasteiger partial charge on any atom is 0.246 e. The van der Waals surface area contributed by atoms with Gasteiger partial charge in [-0.05, 0) is 42.1 Å². The van der Waals surface area contributed by atoms with Crippen molar-refractivity contribution in [3.63, 3.8) is 0 Å². The van der Waals surface area contributed by atoms with Crippen molar-refractivity contribution in [2.75, 3.05) is 13.1 Å². The summed E-state index contributed by atoms with van der Waals surface area (Å²) in [6.07, 6.45) is 4.94. The van der Waals surface area contributed by atoms with Gasteiger partial charge in [-0.1, -0.05) is 18.7 Å². The molecule has 134 valence electrons. The lowest BCUT2D eigenvalue weighted by Gasteiger charge is -2.18. The average molecular weight is 367 g/mol. The van der Waals surface area contributed by atoms with Gasteiger partial charge in [-0.25, -0.2) is 0 Å². The number of amides is 1. The summed E-state index contributed by atoms with van der Waals surface area (Å²) in [5, 5.41) is 5.63. The molecule has 1 amide bonds. The first kappa shape index (κ1) is 17.0. The van der Waals surface area contributed by atoms with E-state index in [9.17, 15) is 4.79 Å². The van der Waals surface area contributed by atoms with Crippen LogP contribution in [0.15, 0.2) is 55.4 Å². The fourth-order valence-corrected chi connectivity index (χ4v) is 4.54. The van der Waals surface area contributed by atoms with Crippen LogP contribution in [0.3, 0.4) is 0 Å². The molecule has 6 heteroatoms. The van der Waals surface area contributed by atoms with Gasteiger partial charge in [-0.3, -0.25) is 9.48 Å². The summed E-state index contributed by atoms with van der Waals surface area (Å²) in [4.78, 5) is 15.0. The molecule has 0 aliphatic carbocycles. The summed E-state index contributed by atoms with van der Waals surface area (Å²) in [5.41, 5.74) is 1.28. The van der Waals surface area contributed by atoms with E-state index in [1.54, 1.807) is 22.4 Å². The summed E-state index contributed by atoms with van der Waals surface area (Å²) in [6.45, 7) is 7.40. The second kappa shape index (κ2) is 7.05. The third-order valence-electron chi connectivity index (χ3n) is 4.86. The lowest BCUT2D eigenvalue weighted by atomic mass is 10.1. The normalized spacial score (nSPS) is 20.0. The standard InChI is InChI=1S/C20H21N3O2S/c1-3-20(24)22-11-17(23-9-5-8-21-23)18(12-22)25-13-15-10-16-14(2)6-4-7-19(16)26-15/h3-10,17-18H,1,11-13H2,2H3/t17-,18-/m1/s1. The number of thiophene rings is 1. The van der Waals surface area contributed by atoms with E-state index >= 15 is 0 Å². The third-order valence-corrected chi connectivity index (χ3v) is 5.93. The minimum absolute atomic E-state index is 0.0185. The topological polar surface area (TPSA) is 47.4 Å². The van der Waals surface area contributed by atoms with E-state index in [1.807, 2.05) is 16.9 Å². The molecule has 0 spiro atoms. The molecule has 2 atom stereocenters. The summed E-state index contributed by atoms with van der Waals surface area (Å²) >= 11 is 1.76. The zero-order chi connectivity index (χ0) is 18.1. The lowest BCUT2D eigenvalue weighted by molar-refractivity contribution is -0.125.